The van der Waals surface area contributed by atoms with E-state index in [1.165, 1.54) is 11.8 Å². The highest BCUT2D eigenvalue weighted by Crippen LogP contribution is 2.24. The highest BCUT2D eigenvalue weighted by atomic mass is 32.2. The van der Waals surface area contributed by atoms with Crippen LogP contribution in [-0.2, 0) is 4.79 Å². The molecule has 0 aliphatic heterocycles. The molecule has 1 rings (SSSR count). The summed E-state index contributed by atoms with van der Waals surface area (Å²) < 4.78 is 0. The molecular weight excluding hydrogens is 288 g/mol. The molecule has 6 heteroatoms. The number of hydrogen-bond donors (Lipinski definition) is 2. The Morgan fingerprint density at radius 3 is 2.67 bits per heavy atom. The summed E-state index contributed by atoms with van der Waals surface area (Å²) in [5.41, 5.74) is 1.59. The number of carboxylic acids is 1. The van der Waals surface area contributed by atoms with Gasteiger partial charge in [0.05, 0.1) is 11.3 Å². The first kappa shape index (κ1) is 17.5. The topological polar surface area (TPSA) is 79.3 Å². The van der Waals surface area contributed by atoms with Crippen LogP contribution in [0, 0.1) is 13.8 Å². The molecule has 1 aromatic heterocycles. The van der Waals surface area contributed by atoms with Crippen LogP contribution >= 0.6 is 11.8 Å². The van der Waals surface area contributed by atoms with Gasteiger partial charge in [-0.05, 0) is 38.8 Å². The van der Waals surface area contributed by atoms with E-state index in [4.69, 9.17) is 0 Å². The number of aromatic carboxylic acids is 1. The summed E-state index contributed by atoms with van der Waals surface area (Å²) in [4.78, 5) is 27.4. The summed E-state index contributed by atoms with van der Waals surface area (Å²) in [5, 5.41) is 12.6. The maximum Gasteiger partial charge on any atom is 0.338 e. The Morgan fingerprint density at radius 1 is 1.43 bits per heavy atom. The SMILES string of the molecule is CCCC(C)NC(=O)CSc1nc(C)cc(C)c1C(=O)O. The zero-order valence-electron chi connectivity index (χ0n) is 12.9. The Balaban J connectivity index is 2.75. The molecule has 0 aromatic carbocycles. The van der Waals surface area contributed by atoms with Crippen LogP contribution in [0.3, 0.4) is 0 Å². The lowest BCUT2D eigenvalue weighted by molar-refractivity contribution is -0.119. The van der Waals surface area contributed by atoms with Crippen molar-refractivity contribution < 1.29 is 14.7 Å². The van der Waals surface area contributed by atoms with Crippen LogP contribution in [0.2, 0.25) is 0 Å². The van der Waals surface area contributed by atoms with Gasteiger partial charge in [0.2, 0.25) is 5.91 Å². The van der Waals surface area contributed by atoms with Crippen LogP contribution in [0.15, 0.2) is 11.1 Å². The molecule has 21 heavy (non-hydrogen) atoms. The number of carboxylic acid groups (broad SMARTS) is 1. The standard InChI is InChI=1S/C15H22N2O3S/c1-5-6-10(3)16-12(18)8-21-14-13(15(19)20)9(2)7-11(4)17-14/h7,10H,5-6,8H2,1-4H3,(H,16,18)(H,19,20). The second-order valence-corrected chi connectivity index (χ2v) is 6.08. The van der Waals surface area contributed by atoms with Crippen LogP contribution in [-0.4, -0.2) is 33.8 Å². The van der Waals surface area contributed by atoms with Gasteiger partial charge in [0.15, 0.2) is 0 Å². The predicted molar refractivity (Wildman–Crippen MR) is 83.9 cm³/mol. The molecule has 0 aliphatic carbocycles. The number of thioether (sulfide) groups is 1. The van der Waals surface area contributed by atoms with Gasteiger partial charge in [-0.3, -0.25) is 4.79 Å². The zero-order chi connectivity index (χ0) is 16.0. The van der Waals surface area contributed by atoms with E-state index in [1.807, 2.05) is 13.8 Å². The van der Waals surface area contributed by atoms with Crippen LogP contribution in [0.25, 0.3) is 0 Å². The molecular formula is C15H22N2O3S. The number of aromatic nitrogens is 1. The fourth-order valence-electron chi connectivity index (χ4n) is 2.12. The van der Waals surface area contributed by atoms with Gasteiger partial charge in [-0.15, -0.1) is 0 Å². The fraction of sp³-hybridized carbons (Fsp3) is 0.533. The van der Waals surface area contributed by atoms with Crippen molar-refractivity contribution in [3.8, 4) is 0 Å². The number of carbonyl (C=O) groups is 2. The monoisotopic (exact) mass is 310 g/mol. The summed E-state index contributed by atoms with van der Waals surface area (Å²) >= 11 is 1.17. The quantitative estimate of drug-likeness (QED) is 0.757. The first-order chi connectivity index (χ1) is 9.85. The van der Waals surface area contributed by atoms with Crippen LogP contribution in [0.5, 0.6) is 0 Å². The molecule has 1 heterocycles. The van der Waals surface area contributed by atoms with Crippen molar-refractivity contribution in [2.24, 2.45) is 0 Å². The van der Waals surface area contributed by atoms with E-state index < -0.39 is 5.97 Å². The molecule has 0 fully saturated rings. The lowest BCUT2D eigenvalue weighted by Crippen LogP contribution is -2.33. The smallest absolute Gasteiger partial charge is 0.338 e. The van der Waals surface area contributed by atoms with Gasteiger partial charge in [0, 0.05) is 11.7 Å². The number of hydrogen-bond acceptors (Lipinski definition) is 4. The van der Waals surface area contributed by atoms with Gasteiger partial charge in [-0.1, -0.05) is 25.1 Å². The van der Waals surface area contributed by atoms with E-state index in [0.717, 1.165) is 18.5 Å². The van der Waals surface area contributed by atoms with Crippen molar-refractivity contribution in [2.75, 3.05) is 5.75 Å². The highest BCUT2D eigenvalue weighted by molar-refractivity contribution is 8.00. The molecule has 0 aliphatic rings. The van der Waals surface area contributed by atoms with Gasteiger partial charge in [-0.2, -0.15) is 0 Å². The van der Waals surface area contributed by atoms with E-state index >= 15 is 0 Å². The minimum Gasteiger partial charge on any atom is -0.478 e. The summed E-state index contributed by atoms with van der Waals surface area (Å²) in [6.45, 7) is 7.58. The molecule has 0 saturated heterocycles. The number of nitrogens with one attached hydrogen (secondary N) is 1. The molecule has 1 aromatic rings. The molecule has 1 atom stereocenters. The molecule has 1 unspecified atom stereocenters. The summed E-state index contributed by atoms with van der Waals surface area (Å²) in [6, 6.07) is 1.87. The van der Waals surface area contributed by atoms with Crippen LogP contribution in [0.1, 0.15) is 48.3 Å². The summed E-state index contributed by atoms with van der Waals surface area (Å²) in [6.07, 6.45) is 1.94. The third kappa shape index (κ3) is 5.38. The molecule has 5 nitrogen and oxygen atoms in total. The summed E-state index contributed by atoms with van der Waals surface area (Å²) in [5.74, 6) is -0.940. The highest BCUT2D eigenvalue weighted by Gasteiger charge is 2.17. The van der Waals surface area contributed by atoms with Gasteiger partial charge in [0.25, 0.3) is 0 Å². The Morgan fingerprint density at radius 2 is 2.10 bits per heavy atom. The number of carbonyl (C=O) groups excluding carboxylic acids is 1. The lowest BCUT2D eigenvalue weighted by atomic mass is 10.1. The Labute approximate surface area is 129 Å². The molecule has 0 bridgehead atoms. The average molecular weight is 310 g/mol. The maximum absolute atomic E-state index is 11.8. The van der Waals surface area contributed by atoms with E-state index in [0.29, 0.717) is 10.6 Å². The average Bonchev–Trinajstić information content (AvgIpc) is 2.35. The van der Waals surface area contributed by atoms with E-state index in [9.17, 15) is 14.7 Å². The zero-order valence-corrected chi connectivity index (χ0v) is 13.7. The van der Waals surface area contributed by atoms with E-state index in [2.05, 4.69) is 17.2 Å². The first-order valence-corrected chi connectivity index (χ1v) is 7.97. The lowest BCUT2D eigenvalue weighted by Gasteiger charge is -2.13. The Kier molecular flexibility index (Phi) is 6.68. The van der Waals surface area contributed by atoms with Gasteiger partial charge in [0.1, 0.15) is 5.03 Å². The van der Waals surface area contributed by atoms with Crippen molar-refractivity contribution in [2.45, 2.75) is 51.6 Å². The number of amides is 1. The third-order valence-electron chi connectivity index (χ3n) is 2.99. The minimum absolute atomic E-state index is 0.0988. The molecule has 0 radical (unpaired) electrons. The fourth-order valence-corrected chi connectivity index (χ4v) is 3.08. The number of pyridine rings is 1. The number of rotatable bonds is 7. The van der Waals surface area contributed by atoms with Crippen molar-refractivity contribution in [1.29, 1.82) is 0 Å². The van der Waals surface area contributed by atoms with Crippen molar-refractivity contribution in [3.05, 3.63) is 22.9 Å². The number of nitrogens with zero attached hydrogens (tertiary/aromatic N) is 1. The predicted octanol–water partition coefficient (Wildman–Crippen LogP) is 2.79. The minimum atomic E-state index is -1.01. The second-order valence-electron chi connectivity index (χ2n) is 5.11. The van der Waals surface area contributed by atoms with E-state index in [-0.39, 0.29) is 23.3 Å². The maximum atomic E-state index is 11.8. The largest absolute Gasteiger partial charge is 0.478 e. The Bertz CT molecular complexity index is 532. The molecule has 116 valence electrons. The normalized spacial score (nSPS) is 12.0. The molecule has 1 amide bonds. The third-order valence-corrected chi connectivity index (χ3v) is 3.97. The van der Waals surface area contributed by atoms with Gasteiger partial charge in [-0.25, -0.2) is 9.78 Å². The van der Waals surface area contributed by atoms with Crippen molar-refractivity contribution >= 4 is 23.6 Å². The molecule has 0 saturated carbocycles. The van der Waals surface area contributed by atoms with Crippen LogP contribution in [0.4, 0.5) is 0 Å². The van der Waals surface area contributed by atoms with Gasteiger partial charge < -0.3 is 10.4 Å². The Hall–Kier alpha value is -1.56. The summed E-state index contributed by atoms with van der Waals surface area (Å²) in [7, 11) is 0. The van der Waals surface area contributed by atoms with Crippen molar-refractivity contribution in [1.82, 2.24) is 10.3 Å². The van der Waals surface area contributed by atoms with Crippen LogP contribution < -0.4 is 5.32 Å². The van der Waals surface area contributed by atoms with Crippen molar-refractivity contribution in [3.63, 3.8) is 0 Å². The second kappa shape index (κ2) is 8.02. The number of aryl methyl sites for hydroxylation is 2. The first-order valence-electron chi connectivity index (χ1n) is 6.98. The van der Waals surface area contributed by atoms with E-state index in [1.54, 1.807) is 13.0 Å². The molecule has 2 N–H and O–H groups in total. The molecule has 0 spiro atoms. The van der Waals surface area contributed by atoms with Gasteiger partial charge >= 0.3 is 5.97 Å².